The van der Waals surface area contributed by atoms with Gasteiger partial charge in [-0.2, -0.15) is 5.10 Å². The largest absolute Gasteiger partial charge is 0.493 e. The number of hydrogen-bond donors (Lipinski definition) is 1. The average molecular weight is 438 g/mol. The zero-order chi connectivity index (χ0) is 21.8. The molecule has 0 radical (unpaired) electrons. The molecule has 2 aromatic carbocycles. The molecule has 0 fully saturated rings. The Balaban J connectivity index is 1.49. The Morgan fingerprint density at radius 1 is 1.23 bits per heavy atom. The van der Waals surface area contributed by atoms with Crippen molar-refractivity contribution < 1.29 is 14.3 Å². The molecular formula is C24H24ClN3O3. The van der Waals surface area contributed by atoms with Crippen molar-refractivity contribution in [1.29, 1.82) is 0 Å². The number of fused-ring (bicyclic) bond motifs is 1. The van der Waals surface area contributed by atoms with Crippen LogP contribution in [0, 0.1) is 0 Å². The molecule has 0 aliphatic carbocycles. The molecule has 1 aliphatic rings. The minimum Gasteiger partial charge on any atom is -0.493 e. The highest BCUT2D eigenvalue weighted by Gasteiger charge is 2.24. The maximum Gasteiger partial charge on any atom is 0.246 e. The second-order valence-corrected chi connectivity index (χ2v) is 7.66. The molecule has 1 aliphatic heterocycles. The van der Waals surface area contributed by atoms with Gasteiger partial charge in [-0.3, -0.25) is 9.89 Å². The summed E-state index contributed by atoms with van der Waals surface area (Å²) in [5, 5.41) is 8.28. The van der Waals surface area contributed by atoms with Crippen molar-refractivity contribution in [3.05, 3.63) is 70.4 Å². The van der Waals surface area contributed by atoms with E-state index in [4.69, 9.17) is 21.1 Å². The van der Waals surface area contributed by atoms with Crippen molar-refractivity contribution in [2.24, 2.45) is 0 Å². The standard InChI is InChI=1S/C24H24ClN3O3/c1-3-31-21-10-4-16(14-22(21)30-2)5-11-23(29)28-13-12-20-19(15-28)24(27-26-20)17-6-8-18(25)9-7-17/h4-11,14H,3,12-13,15H2,1-2H3,(H,26,27)/b11-5+. The molecular weight excluding hydrogens is 414 g/mol. The number of benzene rings is 2. The first-order chi connectivity index (χ1) is 15.1. The number of methoxy groups -OCH3 is 1. The molecule has 0 spiro atoms. The summed E-state index contributed by atoms with van der Waals surface area (Å²) in [5.41, 5.74) is 4.85. The van der Waals surface area contributed by atoms with Gasteiger partial charge >= 0.3 is 0 Å². The fraction of sp³-hybridized carbons (Fsp3) is 0.250. The van der Waals surface area contributed by atoms with E-state index in [-0.39, 0.29) is 5.91 Å². The number of hydrogen-bond acceptors (Lipinski definition) is 4. The second kappa shape index (κ2) is 9.27. The van der Waals surface area contributed by atoms with Crippen LogP contribution in [-0.2, 0) is 17.8 Å². The maximum atomic E-state index is 12.9. The number of carbonyl (C=O) groups excluding carboxylic acids is 1. The number of aromatic amines is 1. The van der Waals surface area contributed by atoms with Gasteiger partial charge in [0.25, 0.3) is 0 Å². The van der Waals surface area contributed by atoms with E-state index in [2.05, 4.69) is 10.2 Å². The predicted molar refractivity (Wildman–Crippen MR) is 121 cm³/mol. The van der Waals surface area contributed by atoms with Crippen molar-refractivity contribution in [1.82, 2.24) is 15.1 Å². The van der Waals surface area contributed by atoms with Gasteiger partial charge in [0.05, 0.1) is 19.4 Å². The highest BCUT2D eigenvalue weighted by molar-refractivity contribution is 6.30. The number of rotatable bonds is 6. The van der Waals surface area contributed by atoms with Gasteiger partial charge in [0.1, 0.15) is 0 Å². The van der Waals surface area contributed by atoms with Gasteiger partial charge in [-0.25, -0.2) is 0 Å². The molecule has 160 valence electrons. The minimum absolute atomic E-state index is 0.0400. The number of H-pyrrole nitrogens is 1. The fourth-order valence-electron chi connectivity index (χ4n) is 3.67. The fourth-order valence-corrected chi connectivity index (χ4v) is 3.79. The summed E-state index contributed by atoms with van der Waals surface area (Å²) in [5.74, 6) is 1.29. The van der Waals surface area contributed by atoms with E-state index >= 15 is 0 Å². The minimum atomic E-state index is -0.0400. The lowest BCUT2D eigenvalue weighted by molar-refractivity contribution is -0.126. The average Bonchev–Trinajstić information content (AvgIpc) is 3.22. The quantitative estimate of drug-likeness (QED) is 0.566. The van der Waals surface area contributed by atoms with Crippen LogP contribution in [0.15, 0.2) is 48.5 Å². The number of nitrogens with one attached hydrogen (secondary N) is 1. The molecule has 1 amide bonds. The van der Waals surface area contributed by atoms with Gasteiger partial charge in [0.2, 0.25) is 5.91 Å². The maximum absolute atomic E-state index is 12.9. The van der Waals surface area contributed by atoms with Crippen molar-refractivity contribution in [2.45, 2.75) is 19.9 Å². The lowest BCUT2D eigenvalue weighted by atomic mass is 10.0. The van der Waals surface area contributed by atoms with Crippen molar-refractivity contribution in [3.63, 3.8) is 0 Å². The first kappa shape index (κ1) is 21.0. The normalized spacial score (nSPS) is 13.3. The zero-order valence-corrected chi connectivity index (χ0v) is 18.3. The summed E-state index contributed by atoms with van der Waals surface area (Å²) < 4.78 is 10.9. The number of amides is 1. The Morgan fingerprint density at radius 3 is 2.77 bits per heavy atom. The molecule has 4 rings (SSSR count). The van der Waals surface area contributed by atoms with E-state index in [9.17, 15) is 4.79 Å². The van der Waals surface area contributed by atoms with Crippen LogP contribution in [0.2, 0.25) is 5.02 Å². The van der Waals surface area contributed by atoms with Crippen molar-refractivity contribution in [2.75, 3.05) is 20.3 Å². The van der Waals surface area contributed by atoms with E-state index < -0.39 is 0 Å². The van der Waals surface area contributed by atoms with Crippen LogP contribution >= 0.6 is 11.6 Å². The number of aromatic nitrogens is 2. The van der Waals surface area contributed by atoms with Crippen LogP contribution in [0.4, 0.5) is 0 Å². The Hall–Kier alpha value is -3.25. The van der Waals surface area contributed by atoms with E-state index in [0.717, 1.165) is 34.5 Å². The molecule has 0 unspecified atom stereocenters. The van der Waals surface area contributed by atoms with Crippen LogP contribution in [0.3, 0.4) is 0 Å². The summed E-state index contributed by atoms with van der Waals surface area (Å²) in [6.07, 6.45) is 4.14. The van der Waals surface area contributed by atoms with E-state index in [1.807, 2.05) is 54.3 Å². The summed E-state index contributed by atoms with van der Waals surface area (Å²) >= 11 is 6.01. The highest BCUT2D eigenvalue weighted by atomic mass is 35.5. The second-order valence-electron chi connectivity index (χ2n) is 7.22. The van der Waals surface area contributed by atoms with Gasteiger partial charge in [-0.05, 0) is 42.8 Å². The van der Waals surface area contributed by atoms with Crippen LogP contribution < -0.4 is 9.47 Å². The van der Waals surface area contributed by atoms with Gasteiger partial charge in [-0.15, -0.1) is 0 Å². The van der Waals surface area contributed by atoms with Crippen LogP contribution in [0.25, 0.3) is 17.3 Å². The van der Waals surface area contributed by atoms with Crippen LogP contribution in [-0.4, -0.2) is 41.3 Å². The molecule has 0 bridgehead atoms. The van der Waals surface area contributed by atoms with E-state index in [1.165, 1.54) is 0 Å². The lowest BCUT2D eigenvalue weighted by Crippen LogP contribution is -2.34. The summed E-state index contributed by atoms with van der Waals surface area (Å²) in [4.78, 5) is 14.7. The lowest BCUT2D eigenvalue weighted by Gasteiger charge is -2.26. The zero-order valence-electron chi connectivity index (χ0n) is 17.5. The highest BCUT2D eigenvalue weighted by Crippen LogP contribution is 2.30. The molecule has 1 aromatic heterocycles. The number of carbonyl (C=O) groups is 1. The summed E-state index contributed by atoms with van der Waals surface area (Å²) in [6.45, 7) is 3.64. The molecule has 0 atom stereocenters. The van der Waals surface area contributed by atoms with Gasteiger partial charge < -0.3 is 14.4 Å². The Labute approximate surface area is 186 Å². The van der Waals surface area contributed by atoms with Crippen LogP contribution in [0.1, 0.15) is 23.7 Å². The topological polar surface area (TPSA) is 67.5 Å². The summed E-state index contributed by atoms with van der Waals surface area (Å²) in [7, 11) is 1.60. The van der Waals surface area contributed by atoms with Gasteiger partial charge in [0.15, 0.2) is 11.5 Å². The Morgan fingerprint density at radius 2 is 2.03 bits per heavy atom. The van der Waals surface area contributed by atoms with Crippen molar-refractivity contribution in [3.8, 4) is 22.8 Å². The first-order valence-electron chi connectivity index (χ1n) is 10.2. The van der Waals surface area contributed by atoms with E-state index in [0.29, 0.717) is 36.2 Å². The molecule has 1 N–H and O–H groups in total. The monoisotopic (exact) mass is 437 g/mol. The number of nitrogens with zero attached hydrogens (tertiary/aromatic N) is 2. The third kappa shape index (κ3) is 4.59. The molecule has 2 heterocycles. The Kier molecular flexibility index (Phi) is 6.28. The molecule has 3 aromatic rings. The predicted octanol–water partition coefficient (Wildman–Crippen LogP) is 4.74. The third-order valence-electron chi connectivity index (χ3n) is 5.27. The number of ether oxygens (including phenoxy) is 2. The Bertz CT molecular complexity index is 1110. The van der Waals surface area contributed by atoms with Crippen LogP contribution in [0.5, 0.6) is 11.5 Å². The third-order valence-corrected chi connectivity index (χ3v) is 5.52. The smallest absolute Gasteiger partial charge is 0.246 e. The molecule has 31 heavy (non-hydrogen) atoms. The number of halogens is 1. The van der Waals surface area contributed by atoms with Gasteiger partial charge in [-0.1, -0.05) is 29.8 Å². The molecule has 0 saturated heterocycles. The van der Waals surface area contributed by atoms with Gasteiger partial charge in [0, 0.05) is 47.4 Å². The first-order valence-corrected chi connectivity index (χ1v) is 10.6. The molecule has 0 saturated carbocycles. The molecule has 6 nitrogen and oxygen atoms in total. The van der Waals surface area contributed by atoms with Crippen molar-refractivity contribution >= 4 is 23.6 Å². The van der Waals surface area contributed by atoms with E-state index in [1.54, 1.807) is 19.3 Å². The SMILES string of the molecule is CCOc1ccc(/C=C/C(=O)N2CCc3[nH]nc(-c4ccc(Cl)cc4)c3C2)cc1OC. The molecule has 7 heteroatoms. The summed E-state index contributed by atoms with van der Waals surface area (Å²) in [6, 6.07) is 13.2.